The van der Waals surface area contributed by atoms with E-state index in [1.165, 1.54) is 0 Å². The highest BCUT2D eigenvalue weighted by atomic mass is 16.5. The van der Waals surface area contributed by atoms with Crippen LogP contribution >= 0.6 is 0 Å². The fraction of sp³-hybridized carbons (Fsp3) is 0.440. The molecule has 0 saturated carbocycles. The van der Waals surface area contributed by atoms with E-state index in [0.717, 1.165) is 34.9 Å². The van der Waals surface area contributed by atoms with E-state index >= 15 is 0 Å². The summed E-state index contributed by atoms with van der Waals surface area (Å²) in [5.74, 6) is 0.296. The molecule has 1 aliphatic heterocycles. The largest absolute Gasteiger partial charge is 0.460 e. The van der Waals surface area contributed by atoms with Gasteiger partial charge in [-0.3, -0.25) is 9.48 Å². The van der Waals surface area contributed by atoms with Gasteiger partial charge in [0.1, 0.15) is 0 Å². The normalized spacial score (nSPS) is 15.1. The van der Waals surface area contributed by atoms with Crippen LogP contribution in [-0.4, -0.2) is 47.7 Å². The second-order valence-corrected chi connectivity index (χ2v) is 8.71. The minimum atomic E-state index is -1.07. The van der Waals surface area contributed by atoms with E-state index in [1.54, 1.807) is 21.0 Å². The number of ether oxygens (including phenoxy) is 3. The zero-order valence-corrected chi connectivity index (χ0v) is 19.0. The molecule has 1 amide bonds. The fourth-order valence-corrected chi connectivity index (χ4v) is 3.89. The van der Waals surface area contributed by atoms with Gasteiger partial charge in [-0.25, -0.2) is 0 Å². The molecule has 2 aromatic carbocycles. The van der Waals surface area contributed by atoms with Crippen molar-refractivity contribution >= 4 is 16.8 Å². The molecule has 1 aromatic heterocycles. The number of methoxy groups -OCH3 is 1. The van der Waals surface area contributed by atoms with Crippen molar-refractivity contribution in [2.24, 2.45) is 0 Å². The second kappa shape index (κ2) is 9.71. The quantitative estimate of drug-likeness (QED) is 0.582. The first kappa shape index (κ1) is 22.3. The lowest BCUT2D eigenvalue weighted by Gasteiger charge is -2.29. The van der Waals surface area contributed by atoms with Gasteiger partial charge in [-0.2, -0.15) is 0 Å². The molecule has 32 heavy (non-hydrogen) atoms. The van der Waals surface area contributed by atoms with Crippen molar-refractivity contribution in [3.05, 3.63) is 59.7 Å². The minimum absolute atomic E-state index is 0.111. The Bertz CT molecular complexity index is 1060. The van der Waals surface area contributed by atoms with E-state index in [0.29, 0.717) is 32.2 Å². The van der Waals surface area contributed by atoms with Gasteiger partial charge in [-0.15, -0.1) is 5.10 Å². The van der Waals surface area contributed by atoms with E-state index in [-0.39, 0.29) is 11.9 Å². The minimum Gasteiger partial charge on any atom is -0.460 e. The van der Waals surface area contributed by atoms with E-state index in [2.05, 4.69) is 17.4 Å². The second-order valence-electron chi connectivity index (χ2n) is 8.71. The maximum Gasteiger partial charge on any atom is 0.263 e. The van der Waals surface area contributed by atoms with Crippen LogP contribution in [-0.2, 0) is 27.4 Å². The number of rotatable bonds is 8. The number of carbonyl (C=O) groups is 1. The summed E-state index contributed by atoms with van der Waals surface area (Å²) in [6, 6.07) is 16.4. The molecule has 7 nitrogen and oxygen atoms in total. The molecule has 1 aliphatic rings. The predicted molar refractivity (Wildman–Crippen MR) is 123 cm³/mol. The van der Waals surface area contributed by atoms with Gasteiger partial charge in [0.25, 0.3) is 5.91 Å². The third-order valence-corrected chi connectivity index (χ3v) is 5.72. The van der Waals surface area contributed by atoms with Crippen molar-refractivity contribution < 1.29 is 19.0 Å². The van der Waals surface area contributed by atoms with Crippen LogP contribution in [0.1, 0.15) is 37.8 Å². The molecule has 0 radical (unpaired) electrons. The van der Waals surface area contributed by atoms with Crippen molar-refractivity contribution in [2.75, 3.05) is 20.3 Å². The molecule has 7 heteroatoms. The number of nitrogens with zero attached hydrogens (tertiary/aromatic N) is 2. The molecule has 1 saturated heterocycles. The van der Waals surface area contributed by atoms with Crippen LogP contribution in [0.5, 0.6) is 5.88 Å². The monoisotopic (exact) mass is 437 g/mol. The van der Waals surface area contributed by atoms with Gasteiger partial charge in [0.05, 0.1) is 24.1 Å². The first-order valence-electron chi connectivity index (χ1n) is 11.1. The Morgan fingerprint density at radius 2 is 1.91 bits per heavy atom. The van der Waals surface area contributed by atoms with Crippen molar-refractivity contribution in [1.29, 1.82) is 0 Å². The van der Waals surface area contributed by atoms with Crippen molar-refractivity contribution in [3.8, 4) is 5.88 Å². The lowest BCUT2D eigenvalue weighted by atomic mass is 10.0. The third kappa shape index (κ3) is 5.11. The van der Waals surface area contributed by atoms with Crippen LogP contribution in [0.3, 0.4) is 0 Å². The number of hydrogen-bond donors (Lipinski definition) is 1. The first-order valence-corrected chi connectivity index (χ1v) is 11.1. The summed E-state index contributed by atoms with van der Waals surface area (Å²) in [6.07, 6.45) is 1.63. The molecule has 1 N–H and O–H groups in total. The Balaban J connectivity index is 1.62. The van der Waals surface area contributed by atoms with Crippen LogP contribution < -0.4 is 10.1 Å². The molecule has 0 atom stereocenters. The summed E-state index contributed by atoms with van der Waals surface area (Å²) in [7, 11) is 1.67. The van der Waals surface area contributed by atoms with Gasteiger partial charge in [0, 0.05) is 26.4 Å². The van der Waals surface area contributed by atoms with E-state index in [1.807, 2.05) is 41.1 Å². The third-order valence-electron chi connectivity index (χ3n) is 5.72. The predicted octanol–water partition coefficient (Wildman–Crippen LogP) is 3.68. The average Bonchev–Trinajstić information content (AvgIpc) is 3.11. The Hall–Kier alpha value is -2.90. The Labute approximate surface area is 188 Å². The number of carbonyl (C=O) groups excluding carboxylic acids is 1. The summed E-state index contributed by atoms with van der Waals surface area (Å²) in [6.45, 7) is 6.00. The Kier molecular flexibility index (Phi) is 6.77. The first-order chi connectivity index (χ1) is 15.5. The number of aromatic nitrogens is 2. The zero-order chi connectivity index (χ0) is 22.6. The van der Waals surface area contributed by atoms with Gasteiger partial charge >= 0.3 is 0 Å². The highest BCUT2D eigenvalue weighted by Crippen LogP contribution is 2.30. The summed E-state index contributed by atoms with van der Waals surface area (Å²) < 4.78 is 18.9. The van der Waals surface area contributed by atoms with Crippen molar-refractivity contribution in [2.45, 2.75) is 51.5 Å². The fourth-order valence-electron chi connectivity index (χ4n) is 3.89. The van der Waals surface area contributed by atoms with Gasteiger partial charge in [-0.05, 0) is 49.9 Å². The van der Waals surface area contributed by atoms with Crippen LogP contribution in [0.25, 0.3) is 10.9 Å². The number of hydrogen-bond acceptors (Lipinski definition) is 5. The molecular weight excluding hydrogens is 406 g/mol. The standard InChI is InChI=1S/C25H31N3O4/c1-25(2,24(29)26-20-11-13-31-14-12-20)32-23-21-15-19(17-30-3)9-10-22(21)28(27-23)16-18-7-5-4-6-8-18/h4-10,15,20H,11-14,16-17H2,1-3H3,(H,26,29). The smallest absolute Gasteiger partial charge is 0.263 e. The van der Waals surface area contributed by atoms with Crippen molar-refractivity contribution in [3.63, 3.8) is 0 Å². The van der Waals surface area contributed by atoms with Crippen LogP contribution in [0.15, 0.2) is 48.5 Å². The maximum atomic E-state index is 13.0. The molecule has 1 fully saturated rings. The molecule has 0 spiro atoms. The molecule has 2 heterocycles. The number of fused-ring (bicyclic) bond motifs is 1. The highest BCUT2D eigenvalue weighted by Gasteiger charge is 2.33. The summed E-state index contributed by atoms with van der Waals surface area (Å²) in [5, 5.41) is 8.72. The Morgan fingerprint density at radius 3 is 2.62 bits per heavy atom. The Morgan fingerprint density at radius 1 is 1.16 bits per heavy atom. The summed E-state index contributed by atoms with van der Waals surface area (Å²) >= 11 is 0. The number of nitrogens with one attached hydrogen (secondary N) is 1. The molecule has 170 valence electrons. The van der Waals surface area contributed by atoms with Gasteiger partial charge in [0.15, 0.2) is 5.60 Å². The highest BCUT2D eigenvalue weighted by molar-refractivity contribution is 5.88. The molecule has 3 aromatic rings. The van der Waals surface area contributed by atoms with Crippen molar-refractivity contribution in [1.82, 2.24) is 15.1 Å². The summed E-state index contributed by atoms with van der Waals surface area (Å²) in [4.78, 5) is 13.0. The molecule has 0 aliphatic carbocycles. The van der Waals surface area contributed by atoms with Crippen LogP contribution in [0.2, 0.25) is 0 Å². The van der Waals surface area contributed by atoms with Crippen LogP contribution in [0.4, 0.5) is 0 Å². The summed E-state index contributed by atoms with van der Waals surface area (Å²) in [5.41, 5.74) is 2.04. The SMILES string of the molecule is COCc1ccc2c(c1)c(OC(C)(C)C(=O)NC1CCOCC1)nn2Cc1ccccc1. The lowest BCUT2D eigenvalue weighted by Crippen LogP contribution is -2.51. The van der Waals surface area contributed by atoms with Gasteiger partial charge in [0.2, 0.25) is 5.88 Å². The molecular formula is C25H31N3O4. The lowest BCUT2D eigenvalue weighted by molar-refractivity contribution is -0.135. The van der Waals surface area contributed by atoms with Crippen LogP contribution in [0, 0.1) is 0 Å². The van der Waals surface area contributed by atoms with E-state index < -0.39 is 5.60 Å². The van der Waals surface area contributed by atoms with E-state index in [9.17, 15) is 4.79 Å². The van der Waals surface area contributed by atoms with E-state index in [4.69, 9.17) is 19.3 Å². The molecule has 0 bridgehead atoms. The maximum absolute atomic E-state index is 13.0. The number of amides is 1. The van der Waals surface area contributed by atoms with Gasteiger partial charge in [-0.1, -0.05) is 36.4 Å². The number of benzene rings is 2. The van der Waals surface area contributed by atoms with Gasteiger partial charge < -0.3 is 19.5 Å². The topological polar surface area (TPSA) is 74.6 Å². The average molecular weight is 438 g/mol. The molecule has 0 unspecified atom stereocenters. The zero-order valence-electron chi connectivity index (χ0n) is 19.0. The molecule has 4 rings (SSSR count).